The van der Waals surface area contributed by atoms with Crippen LogP contribution in [-0.2, 0) is 16.0 Å². The minimum Gasteiger partial charge on any atom is -0.481 e. The topological polar surface area (TPSA) is 106 Å². The quantitative estimate of drug-likeness (QED) is 0.592. The van der Waals surface area contributed by atoms with E-state index in [1.165, 1.54) is 0 Å². The van der Waals surface area contributed by atoms with Gasteiger partial charge in [-0.3, -0.25) is 19.4 Å². The van der Waals surface area contributed by atoms with Crippen LogP contribution in [0.2, 0.25) is 0 Å². The van der Waals surface area contributed by atoms with Gasteiger partial charge in [-0.15, -0.1) is 0 Å². The summed E-state index contributed by atoms with van der Waals surface area (Å²) in [4.78, 5) is 47.8. The van der Waals surface area contributed by atoms with E-state index in [0.29, 0.717) is 31.6 Å². The first-order valence-corrected chi connectivity index (χ1v) is 12.1. The molecule has 180 valence electrons. The molecule has 1 saturated heterocycles. The summed E-state index contributed by atoms with van der Waals surface area (Å²) in [6.07, 6.45) is 2.26. The number of amides is 1. The zero-order valence-corrected chi connectivity index (χ0v) is 19.5. The van der Waals surface area contributed by atoms with E-state index in [1.807, 2.05) is 30.3 Å². The number of carboxylic acid groups (broad SMARTS) is 1. The monoisotopic (exact) mass is 472 g/mol. The van der Waals surface area contributed by atoms with Crippen LogP contribution in [0.4, 0.5) is 11.4 Å². The van der Waals surface area contributed by atoms with E-state index in [2.05, 4.69) is 28.1 Å². The Hall–Kier alpha value is -3.94. The first-order valence-electron chi connectivity index (χ1n) is 12.1. The fourth-order valence-electron chi connectivity index (χ4n) is 4.96. The molecule has 8 heteroatoms. The van der Waals surface area contributed by atoms with Crippen molar-refractivity contribution in [3.05, 3.63) is 70.0 Å². The highest BCUT2D eigenvalue weighted by Crippen LogP contribution is 2.33. The number of carbonyl (C=O) groups excluding carboxylic acids is 1. The third-order valence-electron chi connectivity index (χ3n) is 6.79. The number of carbonyl (C=O) groups is 2. The number of aryl methyl sites for hydroxylation is 1. The molecule has 0 saturated carbocycles. The number of aromatic nitrogens is 1. The Kier molecular flexibility index (Phi) is 6.35. The van der Waals surface area contributed by atoms with Crippen LogP contribution in [0.5, 0.6) is 0 Å². The van der Waals surface area contributed by atoms with E-state index in [9.17, 15) is 14.4 Å². The molecule has 0 aromatic heterocycles. The van der Waals surface area contributed by atoms with Gasteiger partial charge in [0.1, 0.15) is 0 Å². The number of carboxylic acids is 1. The number of rotatable bonds is 5. The molecule has 1 amide bonds. The summed E-state index contributed by atoms with van der Waals surface area (Å²) < 4.78 is 0. The summed E-state index contributed by atoms with van der Waals surface area (Å²) in [5, 5.41) is 8.85. The second-order valence-electron chi connectivity index (χ2n) is 9.05. The lowest BCUT2D eigenvalue weighted by atomic mass is 9.95. The Balaban J connectivity index is 1.37. The van der Waals surface area contributed by atoms with Crippen LogP contribution in [-0.4, -0.2) is 58.8 Å². The normalized spacial score (nSPS) is 15.9. The smallest absolute Gasteiger partial charge is 0.303 e. The zero-order valence-electron chi connectivity index (χ0n) is 19.5. The summed E-state index contributed by atoms with van der Waals surface area (Å²) in [5.41, 5.74) is 6.14. The Labute approximate surface area is 203 Å². The number of benzene rings is 1. The Morgan fingerprint density at radius 2 is 1.83 bits per heavy atom. The third kappa shape index (κ3) is 4.82. The molecule has 0 radical (unpaired) electrons. The lowest BCUT2D eigenvalue weighted by molar-refractivity contribution is -0.140. The molecule has 2 N–H and O–H groups in total. The summed E-state index contributed by atoms with van der Waals surface area (Å²) in [7, 11) is 0. The van der Waals surface area contributed by atoms with Gasteiger partial charge in [-0.1, -0.05) is 30.3 Å². The summed E-state index contributed by atoms with van der Waals surface area (Å²) in [6.45, 7) is 2.68. The first kappa shape index (κ1) is 22.8. The standard InChI is InChI=1S/C27H28N4O4/c32-24(11-12-25(33)34)31-14-4-13-30(15-16-31)19-9-7-18-8-10-22(28-23(18)17-19)26-20-5-2-1-3-6-21(20)29-27(26)35/h1-3,5-7,9,17H,4,8,10-16H2,(H,29,35)(H,33,34). The molecule has 8 nitrogen and oxygen atoms in total. The Bertz CT molecular complexity index is 1330. The lowest BCUT2D eigenvalue weighted by Crippen LogP contribution is -2.35. The molecular weight excluding hydrogens is 444 g/mol. The number of hydrogen-bond donors (Lipinski definition) is 2. The van der Waals surface area contributed by atoms with Gasteiger partial charge in [-0.25, -0.2) is 0 Å². The maximum Gasteiger partial charge on any atom is 0.303 e. The predicted molar refractivity (Wildman–Crippen MR) is 135 cm³/mol. The van der Waals surface area contributed by atoms with Gasteiger partial charge in [-0.2, -0.15) is 0 Å². The lowest BCUT2D eigenvalue weighted by Gasteiger charge is -2.25. The number of nitrogens with one attached hydrogen (secondary N) is 1. The van der Waals surface area contributed by atoms with Crippen molar-refractivity contribution in [3.63, 3.8) is 0 Å². The summed E-state index contributed by atoms with van der Waals surface area (Å²) in [5.74, 6) is -1.05. The molecular formula is C27H28N4O4. The highest BCUT2D eigenvalue weighted by atomic mass is 16.4. The molecule has 3 heterocycles. The second-order valence-corrected chi connectivity index (χ2v) is 9.05. The molecule has 4 aliphatic rings. The summed E-state index contributed by atoms with van der Waals surface area (Å²) in [6, 6.07) is 15.9. The van der Waals surface area contributed by atoms with E-state index in [1.54, 1.807) is 4.90 Å². The minimum absolute atomic E-state index is 0.0409. The number of H-pyrrole nitrogens is 1. The van der Waals surface area contributed by atoms with E-state index in [4.69, 9.17) is 10.1 Å². The van der Waals surface area contributed by atoms with Crippen molar-refractivity contribution in [1.29, 1.82) is 0 Å². The molecule has 0 atom stereocenters. The van der Waals surface area contributed by atoms with Crippen molar-refractivity contribution < 1.29 is 14.7 Å². The molecule has 35 heavy (non-hydrogen) atoms. The molecule has 1 aliphatic carbocycles. The average molecular weight is 473 g/mol. The fraction of sp³-hybridized carbons (Fsp3) is 0.333. The molecule has 1 fully saturated rings. The zero-order chi connectivity index (χ0) is 24.4. The highest BCUT2D eigenvalue weighted by molar-refractivity contribution is 6.08. The first-order chi connectivity index (χ1) is 17.0. The average Bonchev–Trinajstić information content (AvgIpc) is 3.05. The van der Waals surface area contributed by atoms with E-state index in [-0.39, 0.29) is 24.3 Å². The number of aliphatic carboxylic acids is 1. The van der Waals surface area contributed by atoms with Crippen molar-refractivity contribution >= 4 is 29.0 Å². The number of hydrogen-bond acceptors (Lipinski definition) is 5. The van der Waals surface area contributed by atoms with Crippen molar-refractivity contribution in [3.8, 4) is 11.3 Å². The Morgan fingerprint density at radius 3 is 2.69 bits per heavy atom. The van der Waals surface area contributed by atoms with Crippen LogP contribution in [0.15, 0.2) is 58.3 Å². The van der Waals surface area contributed by atoms with Gasteiger partial charge < -0.3 is 19.9 Å². The predicted octanol–water partition coefficient (Wildman–Crippen LogP) is 3.45. The van der Waals surface area contributed by atoms with Crippen LogP contribution in [0.1, 0.15) is 36.8 Å². The van der Waals surface area contributed by atoms with E-state index < -0.39 is 5.97 Å². The van der Waals surface area contributed by atoms with Gasteiger partial charge in [0.05, 0.1) is 23.4 Å². The SMILES string of the molecule is O=C(O)CCC(=O)N1CCCN(c2ccc3c(c2)N=C(c2c4cccccc-4[nH]c2=O)CC3)CC1. The molecule has 1 aromatic carbocycles. The maximum atomic E-state index is 12.8. The molecule has 0 bridgehead atoms. The number of nitrogens with zero attached hydrogens (tertiary/aromatic N) is 3. The minimum atomic E-state index is -0.950. The van der Waals surface area contributed by atoms with Crippen LogP contribution < -0.4 is 10.5 Å². The van der Waals surface area contributed by atoms with Crippen LogP contribution >= 0.6 is 0 Å². The largest absolute Gasteiger partial charge is 0.481 e. The van der Waals surface area contributed by atoms with Crippen molar-refractivity contribution in [2.75, 3.05) is 31.1 Å². The van der Waals surface area contributed by atoms with Gasteiger partial charge in [0.2, 0.25) is 5.91 Å². The molecule has 3 aliphatic heterocycles. The van der Waals surface area contributed by atoms with Crippen LogP contribution in [0, 0.1) is 0 Å². The number of fused-ring (bicyclic) bond motifs is 2. The number of anilines is 1. The molecule has 0 unspecified atom stereocenters. The van der Waals surface area contributed by atoms with Gasteiger partial charge in [0.15, 0.2) is 0 Å². The van der Waals surface area contributed by atoms with Gasteiger partial charge in [0, 0.05) is 49.5 Å². The Morgan fingerprint density at radius 1 is 0.971 bits per heavy atom. The second kappa shape index (κ2) is 9.74. The van der Waals surface area contributed by atoms with Gasteiger partial charge in [0.25, 0.3) is 5.56 Å². The fourth-order valence-corrected chi connectivity index (χ4v) is 4.96. The number of aliphatic imine (C=N–C) groups is 1. The molecule has 5 rings (SSSR count). The van der Waals surface area contributed by atoms with Gasteiger partial charge >= 0.3 is 5.97 Å². The molecule has 1 aromatic rings. The van der Waals surface area contributed by atoms with Crippen LogP contribution in [0.3, 0.4) is 0 Å². The third-order valence-corrected chi connectivity index (χ3v) is 6.79. The van der Waals surface area contributed by atoms with Crippen LogP contribution in [0.25, 0.3) is 11.3 Å². The van der Waals surface area contributed by atoms with Crippen molar-refractivity contribution in [2.45, 2.75) is 32.1 Å². The van der Waals surface area contributed by atoms with Crippen molar-refractivity contribution in [2.24, 2.45) is 4.99 Å². The van der Waals surface area contributed by atoms with Crippen molar-refractivity contribution in [1.82, 2.24) is 9.88 Å². The van der Waals surface area contributed by atoms with Gasteiger partial charge in [-0.05, 0) is 43.0 Å². The number of aromatic amines is 1. The van der Waals surface area contributed by atoms with E-state index >= 15 is 0 Å². The highest BCUT2D eigenvalue weighted by Gasteiger charge is 2.24. The maximum absolute atomic E-state index is 12.8. The van der Waals surface area contributed by atoms with E-state index in [0.717, 1.165) is 53.3 Å². The summed E-state index contributed by atoms with van der Waals surface area (Å²) >= 11 is 0. The molecule has 0 spiro atoms.